The van der Waals surface area contributed by atoms with Crippen molar-refractivity contribution in [3.8, 4) is 0 Å². The fourth-order valence-electron chi connectivity index (χ4n) is 3.40. The lowest BCUT2D eigenvalue weighted by molar-refractivity contribution is -0.109. The Kier molecular flexibility index (Phi) is 5.69. The summed E-state index contributed by atoms with van der Waals surface area (Å²) < 4.78 is 36.0. The van der Waals surface area contributed by atoms with Gasteiger partial charge in [0.05, 0.1) is 29.9 Å². The van der Waals surface area contributed by atoms with Crippen molar-refractivity contribution in [1.29, 1.82) is 0 Å². The van der Waals surface area contributed by atoms with Gasteiger partial charge in [0.15, 0.2) is 16.1 Å². The van der Waals surface area contributed by atoms with Crippen molar-refractivity contribution in [3.05, 3.63) is 30.3 Å². The highest BCUT2D eigenvalue weighted by atomic mass is 32.2. The summed E-state index contributed by atoms with van der Waals surface area (Å²) in [6, 6.07) is 8.97. The third-order valence-corrected chi connectivity index (χ3v) is 6.40. The topological polar surface area (TPSA) is 55.8 Å². The van der Waals surface area contributed by atoms with Crippen LogP contribution in [0.2, 0.25) is 0 Å². The molecule has 23 heavy (non-hydrogen) atoms. The molecule has 0 radical (unpaired) electrons. The molecule has 2 aliphatic rings. The molecule has 1 atom stereocenters. The summed E-state index contributed by atoms with van der Waals surface area (Å²) in [7, 11) is -3.19. The van der Waals surface area contributed by atoms with E-state index >= 15 is 0 Å². The lowest BCUT2D eigenvalue weighted by Gasteiger charge is -2.37. The van der Waals surface area contributed by atoms with Crippen LogP contribution in [0.3, 0.4) is 0 Å². The Labute approximate surface area is 138 Å². The van der Waals surface area contributed by atoms with Crippen LogP contribution in [0.1, 0.15) is 25.7 Å². The van der Waals surface area contributed by atoms with Gasteiger partial charge in [0.2, 0.25) is 0 Å². The maximum atomic E-state index is 12.3. The van der Waals surface area contributed by atoms with E-state index in [1.54, 1.807) is 24.3 Å². The van der Waals surface area contributed by atoms with Crippen molar-refractivity contribution < 1.29 is 17.9 Å². The molecule has 0 spiro atoms. The van der Waals surface area contributed by atoms with Crippen LogP contribution >= 0.6 is 0 Å². The van der Waals surface area contributed by atoms with Crippen LogP contribution in [0.4, 0.5) is 0 Å². The number of piperidine rings is 1. The van der Waals surface area contributed by atoms with Crippen LogP contribution in [0.25, 0.3) is 0 Å². The number of hydrogen-bond donors (Lipinski definition) is 0. The molecule has 0 aliphatic carbocycles. The molecule has 5 nitrogen and oxygen atoms in total. The van der Waals surface area contributed by atoms with Crippen LogP contribution in [-0.4, -0.2) is 57.7 Å². The Hall–Kier alpha value is -0.950. The van der Waals surface area contributed by atoms with Crippen molar-refractivity contribution in [2.45, 2.75) is 42.9 Å². The Balaban J connectivity index is 1.54. The Bertz CT molecular complexity index is 584. The number of benzene rings is 1. The second-order valence-electron chi connectivity index (χ2n) is 6.19. The van der Waals surface area contributed by atoms with Gasteiger partial charge in [-0.15, -0.1) is 0 Å². The highest BCUT2D eigenvalue weighted by molar-refractivity contribution is 7.91. The molecule has 0 N–H and O–H groups in total. The average molecular weight is 339 g/mol. The molecule has 1 aromatic rings. The van der Waals surface area contributed by atoms with Gasteiger partial charge in [-0.05, 0) is 44.5 Å². The summed E-state index contributed by atoms with van der Waals surface area (Å²) >= 11 is 0. The third-order valence-electron chi connectivity index (χ3n) is 4.59. The van der Waals surface area contributed by atoms with Crippen molar-refractivity contribution in [3.63, 3.8) is 0 Å². The molecule has 0 bridgehead atoms. The van der Waals surface area contributed by atoms with Gasteiger partial charge in [0, 0.05) is 0 Å². The second kappa shape index (κ2) is 7.75. The van der Waals surface area contributed by atoms with E-state index in [1.165, 1.54) is 6.42 Å². The Morgan fingerprint density at radius 1 is 1.09 bits per heavy atom. The minimum atomic E-state index is -3.19. The second-order valence-corrected chi connectivity index (χ2v) is 8.30. The standard InChI is InChI=1S/C17H25NO4S/c19-23(20,15-7-2-1-3-8-15)14-6-11-18-10-5-4-9-16(18)17-21-12-13-22-17/h1-3,7-8,16-17H,4-6,9-14H2. The molecule has 2 saturated heterocycles. The first-order valence-electron chi connectivity index (χ1n) is 8.42. The highest BCUT2D eigenvalue weighted by Crippen LogP contribution is 2.24. The molecule has 2 heterocycles. The van der Waals surface area contributed by atoms with E-state index in [0.29, 0.717) is 24.5 Å². The highest BCUT2D eigenvalue weighted by Gasteiger charge is 2.33. The molecule has 0 amide bonds. The number of rotatable bonds is 6. The summed E-state index contributed by atoms with van der Waals surface area (Å²) in [5.41, 5.74) is 0. The smallest absolute Gasteiger partial charge is 0.178 e. The van der Waals surface area contributed by atoms with E-state index in [9.17, 15) is 8.42 Å². The van der Waals surface area contributed by atoms with Crippen LogP contribution in [-0.2, 0) is 19.3 Å². The quantitative estimate of drug-likeness (QED) is 0.794. The molecule has 3 rings (SSSR count). The van der Waals surface area contributed by atoms with Gasteiger partial charge in [0.1, 0.15) is 0 Å². The van der Waals surface area contributed by atoms with Crippen LogP contribution in [0, 0.1) is 0 Å². The van der Waals surface area contributed by atoms with Gasteiger partial charge in [-0.1, -0.05) is 24.6 Å². The average Bonchev–Trinajstić information content (AvgIpc) is 3.10. The first-order chi connectivity index (χ1) is 11.2. The number of ether oxygens (including phenoxy) is 2. The number of likely N-dealkylation sites (tertiary alicyclic amines) is 1. The van der Waals surface area contributed by atoms with E-state index in [0.717, 1.165) is 25.9 Å². The summed E-state index contributed by atoms with van der Waals surface area (Å²) in [4.78, 5) is 2.76. The van der Waals surface area contributed by atoms with E-state index in [-0.39, 0.29) is 18.1 Å². The van der Waals surface area contributed by atoms with Crippen molar-refractivity contribution in [1.82, 2.24) is 4.90 Å². The van der Waals surface area contributed by atoms with Gasteiger partial charge in [-0.2, -0.15) is 0 Å². The summed E-state index contributed by atoms with van der Waals surface area (Å²) in [6.07, 6.45) is 3.92. The van der Waals surface area contributed by atoms with Gasteiger partial charge in [-0.25, -0.2) is 8.42 Å². The van der Waals surface area contributed by atoms with Crippen molar-refractivity contribution in [2.75, 3.05) is 32.1 Å². The molecular formula is C17H25NO4S. The minimum Gasteiger partial charge on any atom is -0.349 e. The lowest BCUT2D eigenvalue weighted by atomic mass is 10.0. The van der Waals surface area contributed by atoms with E-state index in [4.69, 9.17) is 9.47 Å². The molecule has 6 heteroatoms. The zero-order valence-electron chi connectivity index (χ0n) is 13.4. The minimum absolute atomic E-state index is 0.138. The summed E-state index contributed by atoms with van der Waals surface area (Å²) in [5.74, 6) is 0.187. The first kappa shape index (κ1) is 16.9. The largest absolute Gasteiger partial charge is 0.349 e. The Morgan fingerprint density at radius 2 is 1.83 bits per heavy atom. The zero-order valence-corrected chi connectivity index (χ0v) is 14.2. The SMILES string of the molecule is O=S(=O)(CCCN1CCCCC1C1OCCO1)c1ccccc1. The fraction of sp³-hybridized carbons (Fsp3) is 0.647. The normalized spacial score (nSPS) is 24.1. The van der Waals surface area contributed by atoms with Gasteiger partial charge < -0.3 is 9.47 Å². The molecule has 2 fully saturated rings. The van der Waals surface area contributed by atoms with Gasteiger partial charge in [0.25, 0.3) is 0 Å². The van der Waals surface area contributed by atoms with Crippen molar-refractivity contribution in [2.24, 2.45) is 0 Å². The zero-order chi connectivity index (χ0) is 16.1. The van der Waals surface area contributed by atoms with E-state index in [1.807, 2.05) is 6.07 Å². The summed E-state index contributed by atoms with van der Waals surface area (Å²) in [6.45, 7) is 3.11. The maximum Gasteiger partial charge on any atom is 0.178 e. The molecular weight excluding hydrogens is 314 g/mol. The first-order valence-corrected chi connectivity index (χ1v) is 10.1. The molecule has 2 aliphatic heterocycles. The monoisotopic (exact) mass is 339 g/mol. The van der Waals surface area contributed by atoms with E-state index < -0.39 is 9.84 Å². The van der Waals surface area contributed by atoms with Crippen LogP contribution in [0.5, 0.6) is 0 Å². The maximum absolute atomic E-state index is 12.3. The number of nitrogens with zero attached hydrogens (tertiary/aromatic N) is 1. The van der Waals surface area contributed by atoms with Gasteiger partial charge >= 0.3 is 0 Å². The number of hydrogen-bond acceptors (Lipinski definition) is 5. The third kappa shape index (κ3) is 4.32. The van der Waals surface area contributed by atoms with Crippen LogP contribution in [0.15, 0.2) is 35.2 Å². The predicted octanol–water partition coefficient (Wildman–Crippen LogP) is 2.08. The van der Waals surface area contributed by atoms with Crippen LogP contribution < -0.4 is 0 Å². The molecule has 0 saturated carbocycles. The summed E-state index contributed by atoms with van der Waals surface area (Å²) in [5, 5.41) is 0. The molecule has 128 valence electrons. The van der Waals surface area contributed by atoms with Crippen molar-refractivity contribution >= 4 is 9.84 Å². The molecule has 1 unspecified atom stereocenters. The number of sulfone groups is 1. The predicted molar refractivity (Wildman–Crippen MR) is 88.0 cm³/mol. The van der Waals surface area contributed by atoms with Gasteiger partial charge in [-0.3, -0.25) is 4.90 Å². The Morgan fingerprint density at radius 3 is 2.57 bits per heavy atom. The van der Waals surface area contributed by atoms with E-state index in [2.05, 4.69) is 4.90 Å². The lowest BCUT2D eigenvalue weighted by Crippen LogP contribution is -2.47. The fourth-order valence-corrected chi connectivity index (χ4v) is 4.72. The molecule has 0 aromatic heterocycles. The molecule has 1 aromatic carbocycles.